The highest BCUT2D eigenvalue weighted by molar-refractivity contribution is 7.92. The van der Waals surface area contributed by atoms with Gasteiger partial charge in [-0.2, -0.15) is 0 Å². The van der Waals surface area contributed by atoms with Crippen LogP contribution >= 0.6 is 11.6 Å². The minimum Gasteiger partial charge on any atom is -0.345 e. The summed E-state index contributed by atoms with van der Waals surface area (Å²) >= 11 is 5.74. The van der Waals surface area contributed by atoms with Gasteiger partial charge in [0.2, 0.25) is 5.91 Å². The molecule has 7 heteroatoms. The summed E-state index contributed by atoms with van der Waals surface area (Å²) in [5.74, 6) is -1.01. The topological polar surface area (TPSA) is 80.5 Å². The smallest absolute Gasteiger partial charge is 0.237 e. The van der Waals surface area contributed by atoms with Crippen molar-refractivity contribution >= 4 is 27.3 Å². The van der Waals surface area contributed by atoms with Gasteiger partial charge in [0.05, 0.1) is 4.90 Å². The zero-order valence-electron chi connectivity index (χ0n) is 10.7. The Balaban J connectivity index is 2.77. The highest BCUT2D eigenvalue weighted by Crippen LogP contribution is 2.17. The van der Waals surface area contributed by atoms with Crippen LogP contribution in [0.4, 0.5) is 0 Å². The van der Waals surface area contributed by atoms with E-state index in [1.807, 2.05) is 0 Å². The van der Waals surface area contributed by atoms with Crippen molar-refractivity contribution in [3.63, 3.8) is 0 Å². The number of amides is 1. The first-order chi connectivity index (χ1) is 8.86. The molecule has 2 N–H and O–H groups in total. The summed E-state index contributed by atoms with van der Waals surface area (Å²) < 4.78 is 24.1. The standard InChI is InChI=1S/C12H17ClN2O3S/c1-15(7-3-6-14)12(16)9-19(17,18)11-5-2-4-10(13)8-11/h2,4-5,8H,3,6-7,9,14H2,1H3. The zero-order valence-corrected chi connectivity index (χ0v) is 12.2. The molecular formula is C12H17ClN2O3S. The van der Waals surface area contributed by atoms with Gasteiger partial charge in [0, 0.05) is 18.6 Å². The van der Waals surface area contributed by atoms with E-state index in [1.165, 1.54) is 23.1 Å². The molecule has 1 aromatic carbocycles. The summed E-state index contributed by atoms with van der Waals surface area (Å²) in [6, 6.07) is 5.88. The molecule has 0 aliphatic rings. The summed E-state index contributed by atoms with van der Waals surface area (Å²) in [6.07, 6.45) is 0.638. The Kier molecular flexibility index (Phi) is 5.78. The Labute approximate surface area is 118 Å². The maximum absolute atomic E-state index is 12.0. The molecule has 0 aliphatic carbocycles. The fraction of sp³-hybridized carbons (Fsp3) is 0.417. The first-order valence-corrected chi connectivity index (χ1v) is 7.82. The second-order valence-electron chi connectivity index (χ2n) is 4.17. The Hall–Kier alpha value is -1.11. The van der Waals surface area contributed by atoms with Crippen molar-refractivity contribution in [2.24, 2.45) is 5.73 Å². The molecule has 0 aliphatic heterocycles. The van der Waals surface area contributed by atoms with Crippen LogP contribution in [0.15, 0.2) is 29.2 Å². The van der Waals surface area contributed by atoms with Gasteiger partial charge in [-0.3, -0.25) is 4.79 Å². The van der Waals surface area contributed by atoms with Crippen molar-refractivity contribution in [1.29, 1.82) is 0 Å². The first kappa shape index (κ1) is 15.9. The van der Waals surface area contributed by atoms with Gasteiger partial charge in [-0.1, -0.05) is 17.7 Å². The summed E-state index contributed by atoms with van der Waals surface area (Å²) in [4.78, 5) is 13.2. The van der Waals surface area contributed by atoms with E-state index in [0.717, 1.165) is 0 Å². The predicted octanol–water partition coefficient (Wildman–Crippen LogP) is 0.921. The molecule has 0 unspecified atom stereocenters. The molecule has 0 saturated heterocycles. The monoisotopic (exact) mass is 304 g/mol. The molecule has 1 aromatic rings. The van der Waals surface area contributed by atoms with E-state index < -0.39 is 21.5 Å². The van der Waals surface area contributed by atoms with Gasteiger partial charge in [0.1, 0.15) is 5.75 Å². The van der Waals surface area contributed by atoms with Crippen LogP contribution in [0.2, 0.25) is 5.02 Å². The molecule has 0 aromatic heterocycles. The van der Waals surface area contributed by atoms with Crippen molar-refractivity contribution in [3.8, 4) is 0 Å². The average molecular weight is 305 g/mol. The summed E-state index contributed by atoms with van der Waals surface area (Å²) in [5.41, 5.74) is 5.34. The number of benzene rings is 1. The van der Waals surface area contributed by atoms with E-state index in [-0.39, 0.29) is 4.90 Å². The van der Waals surface area contributed by atoms with Crippen molar-refractivity contribution in [2.45, 2.75) is 11.3 Å². The predicted molar refractivity (Wildman–Crippen MR) is 74.8 cm³/mol. The Morgan fingerprint density at radius 1 is 1.42 bits per heavy atom. The molecule has 5 nitrogen and oxygen atoms in total. The fourth-order valence-electron chi connectivity index (χ4n) is 1.47. The van der Waals surface area contributed by atoms with E-state index in [1.54, 1.807) is 13.1 Å². The SMILES string of the molecule is CN(CCCN)C(=O)CS(=O)(=O)c1cccc(Cl)c1. The summed E-state index contributed by atoms with van der Waals surface area (Å²) in [7, 11) is -2.10. The molecule has 0 fully saturated rings. The highest BCUT2D eigenvalue weighted by Gasteiger charge is 2.21. The van der Waals surface area contributed by atoms with Crippen molar-refractivity contribution in [3.05, 3.63) is 29.3 Å². The largest absolute Gasteiger partial charge is 0.345 e. The van der Waals surface area contributed by atoms with E-state index >= 15 is 0 Å². The molecule has 1 amide bonds. The lowest BCUT2D eigenvalue weighted by atomic mass is 10.4. The quantitative estimate of drug-likeness (QED) is 0.847. The number of halogens is 1. The Bertz CT molecular complexity index is 546. The van der Waals surface area contributed by atoms with Gasteiger partial charge >= 0.3 is 0 Å². The third kappa shape index (κ3) is 4.81. The molecule has 0 heterocycles. The van der Waals surface area contributed by atoms with Crippen molar-refractivity contribution in [1.82, 2.24) is 4.90 Å². The lowest BCUT2D eigenvalue weighted by molar-refractivity contribution is -0.127. The lowest BCUT2D eigenvalue weighted by Crippen LogP contribution is -2.34. The minimum atomic E-state index is -3.66. The number of sulfone groups is 1. The lowest BCUT2D eigenvalue weighted by Gasteiger charge is -2.16. The van der Waals surface area contributed by atoms with E-state index in [2.05, 4.69) is 0 Å². The maximum Gasteiger partial charge on any atom is 0.237 e. The molecule has 1 rings (SSSR count). The first-order valence-electron chi connectivity index (χ1n) is 5.79. The number of hydrogen-bond acceptors (Lipinski definition) is 4. The number of hydrogen-bond donors (Lipinski definition) is 1. The van der Waals surface area contributed by atoms with Crippen LogP contribution in [0.3, 0.4) is 0 Å². The molecular weight excluding hydrogens is 288 g/mol. The second-order valence-corrected chi connectivity index (χ2v) is 6.60. The van der Waals surface area contributed by atoms with E-state index in [0.29, 0.717) is 24.5 Å². The minimum absolute atomic E-state index is 0.0561. The van der Waals surface area contributed by atoms with Gasteiger partial charge < -0.3 is 10.6 Å². The molecule has 0 spiro atoms. The normalized spacial score (nSPS) is 11.3. The van der Waals surface area contributed by atoms with Crippen LogP contribution < -0.4 is 5.73 Å². The van der Waals surface area contributed by atoms with Crippen LogP contribution in [0.1, 0.15) is 6.42 Å². The molecule has 106 valence electrons. The number of nitrogens with zero attached hydrogens (tertiary/aromatic N) is 1. The van der Waals surface area contributed by atoms with Crippen LogP contribution in [-0.2, 0) is 14.6 Å². The number of carbonyl (C=O) groups is 1. The third-order valence-corrected chi connectivity index (χ3v) is 4.43. The Morgan fingerprint density at radius 3 is 2.68 bits per heavy atom. The van der Waals surface area contributed by atoms with Gasteiger partial charge in [0.25, 0.3) is 0 Å². The van der Waals surface area contributed by atoms with Crippen LogP contribution in [0, 0.1) is 0 Å². The molecule has 0 radical (unpaired) electrons. The highest BCUT2D eigenvalue weighted by atomic mass is 35.5. The Morgan fingerprint density at radius 2 is 2.11 bits per heavy atom. The van der Waals surface area contributed by atoms with Crippen LogP contribution in [0.25, 0.3) is 0 Å². The number of nitrogens with two attached hydrogens (primary N) is 1. The zero-order chi connectivity index (χ0) is 14.5. The van der Waals surface area contributed by atoms with Gasteiger partial charge in [-0.05, 0) is 31.2 Å². The van der Waals surface area contributed by atoms with Gasteiger partial charge in [-0.15, -0.1) is 0 Å². The molecule has 0 atom stereocenters. The molecule has 19 heavy (non-hydrogen) atoms. The van der Waals surface area contributed by atoms with Gasteiger partial charge in [0.15, 0.2) is 9.84 Å². The van der Waals surface area contributed by atoms with Crippen LogP contribution in [0.5, 0.6) is 0 Å². The summed E-state index contributed by atoms with van der Waals surface area (Å²) in [5, 5.41) is 0.324. The average Bonchev–Trinajstić information content (AvgIpc) is 2.35. The fourth-order valence-corrected chi connectivity index (χ4v) is 3.03. The van der Waals surface area contributed by atoms with Gasteiger partial charge in [-0.25, -0.2) is 8.42 Å². The van der Waals surface area contributed by atoms with Crippen molar-refractivity contribution in [2.75, 3.05) is 25.9 Å². The third-order valence-electron chi connectivity index (χ3n) is 2.59. The number of rotatable bonds is 6. The van der Waals surface area contributed by atoms with E-state index in [9.17, 15) is 13.2 Å². The van der Waals surface area contributed by atoms with Crippen molar-refractivity contribution < 1.29 is 13.2 Å². The van der Waals surface area contributed by atoms with Crippen LogP contribution in [-0.4, -0.2) is 45.1 Å². The van der Waals surface area contributed by atoms with E-state index in [4.69, 9.17) is 17.3 Å². The maximum atomic E-state index is 12.0. The summed E-state index contributed by atoms with van der Waals surface area (Å²) in [6.45, 7) is 0.902. The second kappa shape index (κ2) is 6.88. The molecule has 0 saturated carbocycles. The molecule has 0 bridgehead atoms. The number of carbonyl (C=O) groups excluding carboxylic acids is 1.